The fourth-order valence-corrected chi connectivity index (χ4v) is 6.34. The summed E-state index contributed by atoms with van der Waals surface area (Å²) in [5.41, 5.74) is 4.95. The molecular formula is C29H34N6O2. The number of likely N-dealkylation sites (tertiary alicyclic amines) is 2. The van der Waals surface area contributed by atoms with Crippen LogP contribution in [-0.2, 0) is 6.42 Å². The summed E-state index contributed by atoms with van der Waals surface area (Å²) >= 11 is 0. The van der Waals surface area contributed by atoms with Gasteiger partial charge in [-0.3, -0.25) is 9.59 Å². The summed E-state index contributed by atoms with van der Waals surface area (Å²) in [4.78, 5) is 38.6. The van der Waals surface area contributed by atoms with Gasteiger partial charge in [-0.2, -0.15) is 0 Å². The number of nitrogens with one attached hydrogen (secondary N) is 2. The van der Waals surface area contributed by atoms with Crippen LogP contribution in [-0.4, -0.2) is 63.8 Å². The normalized spacial score (nSPS) is 24.0. The standard InChI is InChI=1S/C29H34N6O2/c1-20-14-24(6-10-32-20)34-11-7-29(8-12-34)9-13-35(18-29)28(37)22-3-2-21-4-5-26(25(21)15-22)33-27(36)23-16-30-19-31-17-23/h2-3,6,10,14-17,19-20,26,32H,4-5,7-9,11-13,18H2,1H3,(H,33,36)/t20?,26-/m1/s1. The molecule has 8 nitrogen and oxygen atoms in total. The zero-order chi connectivity index (χ0) is 25.4. The minimum absolute atomic E-state index is 0.105. The number of amides is 2. The first-order valence-corrected chi connectivity index (χ1v) is 13.4. The molecule has 4 aliphatic rings. The van der Waals surface area contributed by atoms with E-state index in [2.05, 4.69) is 50.6 Å². The number of fused-ring (bicyclic) bond motifs is 1. The third kappa shape index (κ3) is 4.72. The topological polar surface area (TPSA) is 90.5 Å². The average Bonchev–Trinajstić information content (AvgIpc) is 3.53. The maximum atomic E-state index is 13.6. The molecule has 4 heterocycles. The minimum atomic E-state index is -0.187. The third-order valence-corrected chi connectivity index (χ3v) is 8.55. The molecule has 2 atom stereocenters. The number of hydrogen-bond acceptors (Lipinski definition) is 6. The first kappa shape index (κ1) is 23.7. The van der Waals surface area contributed by atoms with Gasteiger partial charge in [-0.25, -0.2) is 9.97 Å². The van der Waals surface area contributed by atoms with Crippen molar-refractivity contribution in [2.24, 2.45) is 5.41 Å². The molecule has 0 bridgehead atoms. The maximum Gasteiger partial charge on any atom is 0.254 e. The third-order valence-electron chi connectivity index (χ3n) is 8.55. The van der Waals surface area contributed by atoms with Crippen LogP contribution in [0.2, 0.25) is 0 Å². The van der Waals surface area contributed by atoms with E-state index in [0.717, 1.165) is 69.4 Å². The molecule has 2 amide bonds. The van der Waals surface area contributed by atoms with Crippen LogP contribution in [0.1, 0.15) is 70.5 Å². The van der Waals surface area contributed by atoms with Crippen LogP contribution >= 0.6 is 0 Å². The van der Waals surface area contributed by atoms with Crippen molar-refractivity contribution in [1.29, 1.82) is 0 Å². The monoisotopic (exact) mass is 498 g/mol. The highest BCUT2D eigenvalue weighted by Gasteiger charge is 2.42. The lowest BCUT2D eigenvalue weighted by molar-refractivity contribution is 0.0740. The first-order valence-electron chi connectivity index (χ1n) is 13.4. The fraction of sp³-hybridized carbons (Fsp3) is 0.448. The summed E-state index contributed by atoms with van der Waals surface area (Å²) in [6.07, 6.45) is 16.0. The SMILES string of the molecule is CC1C=C(N2CCC3(CCN(C(=O)c4ccc5c(c4)[C@H](NC(=O)c4cncnc4)CC5)C3)CC2)C=CN1. The highest BCUT2D eigenvalue weighted by molar-refractivity contribution is 5.95. The molecule has 3 aliphatic heterocycles. The van der Waals surface area contributed by atoms with Crippen LogP contribution in [0, 0.1) is 5.41 Å². The lowest BCUT2D eigenvalue weighted by Crippen LogP contribution is -2.42. The predicted octanol–water partition coefficient (Wildman–Crippen LogP) is 3.21. The number of carbonyl (C=O) groups is 2. The Morgan fingerprint density at radius 1 is 1.08 bits per heavy atom. The number of hydrogen-bond donors (Lipinski definition) is 2. The summed E-state index contributed by atoms with van der Waals surface area (Å²) in [6, 6.07) is 6.28. The molecule has 1 unspecified atom stereocenters. The molecule has 6 rings (SSSR count). The Bertz CT molecular complexity index is 1250. The number of aromatic nitrogens is 2. The largest absolute Gasteiger partial charge is 0.385 e. The van der Waals surface area contributed by atoms with E-state index < -0.39 is 0 Å². The van der Waals surface area contributed by atoms with Gasteiger partial charge in [0, 0.05) is 55.9 Å². The van der Waals surface area contributed by atoms with Gasteiger partial charge in [0.15, 0.2) is 0 Å². The number of piperidine rings is 1. The number of nitrogens with zero attached hydrogens (tertiary/aromatic N) is 4. The average molecular weight is 499 g/mol. The summed E-state index contributed by atoms with van der Waals surface area (Å²) < 4.78 is 0. The number of dihydropyridines is 1. The van der Waals surface area contributed by atoms with Crippen molar-refractivity contribution in [1.82, 2.24) is 30.4 Å². The van der Waals surface area contributed by atoms with Crippen LogP contribution in [0.3, 0.4) is 0 Å². The molecule has 0 saturated carbocycles. The summed E-state index contributed by atoms with van der Waals surface area (Å²) in [5.74, 6) is -0.0819. The van der Waals surface area contributed by atoms with E-state index in [1.165, 1.54) is 30.0 Å². The molecule has 2 fully saturated rings. The zero-order valence-electron chi connectivity index (χ0n) is 21.3. The predicted molar refractivity (Wildman–Crippen MR) is 141 cm³/mol. The Balaban J connectivity index is 1.10. The van der Waals surface area contributed by atoms with Gasteiger partial charge in [-0.15, -0.1) is 0 Å². The minimum Gasteiger partial charge on any atom is -0.385 e. The smallest absolute Gasteiger partial charge is 0.254 e. The molecule has 8 heteroatoms. The molecule has 1 spiro atoms. The van der Waals surface area contributed by atoms with E-state index >= 15 is 0 Å². The number of benzene rings is 1. The van der Waals surface area contributed by atoms with Crippen molar-refractivity contribution in [3.63, 3.8) is 0 Å². The number of aryl methyl sites for hydroxylation is 1. The molecule has 0 radical (unpaired) electrons. The lowest BCUT2D eigenvalue weighted by Gasteiger charge is -2.41. The van der Waals surface area contributed by atoms with Gasteiger partial charge in [0.1, 0.15) is 6.33 Å². The molecule has 37 heavy (non-hydrogen) atoms. The Labute approximate surface area is 217 Å². The zero-order valence-corrected chi connectivity index (χ0v) is 21.3. The second kappa shape index (κ2) is 9.65. The highest BCUT2D eigenvalue weighted by atomic mass is 16.2. The van der Waals surface area contributed by atoms with Crippen molar-refractivity contribution in [3.05, 3.63) is 83.2 Å². The van der Waals surface area contributed by atoms with Gasteiger partial charge in [0.25, 0.3) is 11.8 Å². The second-order valence-corrected chi connectivity index (χ2v) is 10.9. The number of carbonyl (C=O) groups excluding carboxylic acids is 2. The Morgan fingerprint density at radius 3 is 2.65 bits per heavy atom. The summed E-state index contributed by atoms with van der Waals surface area (Å²) in [7, 11) is 0. The van der Waals surface area contributed by atoms with Crippen LogP contribution in [0.15, 0.2) is 61.0 Å². The van der Waals surface area contributed by atoms with Crippen molar-refractivity contribution in [3.8, 4) is 0 Å². The first-order chi connectivity index (χ1) is 18.0. The van der Waals surface area contributed by atoms with E-state index in [1.54, 1.807) is 0 Å². The van der Waals surface area contributed by atoms with Gasteiger partial charge in [0.2, 0.25) is 0 Å². The van der Waals surface area contributed by atoms with E-state index in [1.807, 2.05) is 23.2 Å². The van der Waals surface area contributed by atoms with E-state index in [0.29, 0.717) is 11.6 Å². The van der Waals surface area contributed by atoms with Crippen molar-refractivity contribution in [2.45, 2.75) is 51.1 Å². The molecule has 2 aromatic rings. The molecule has 1 aromatic carbocycles. The fourth-order valence-electron chi connectivity index (χ4n) is 6.34. The van der Waals surface area contributed by atoms with E-state index in [4.69, 9.17) is 0 Å². The van der Waals surface area contributed by atoms with Crippen LogP contribution in [0.4, 0.5) is 0 Å². The molecule has 1 aliphatic carbocycles. The molecule has 1 aromatic heterocycles. The Hall–Kier alpha value is -3.68. The highest BCUT2D eigenvalue weighted by Crippen LogP contribution is 2.42. The number of allylic oxidation sites excluding steroid dienone is 1. The van der Waals surface area contributed by atoms with Crippen molar-refractivity contribution >= 4 is 11.8 Å². The number of rotatable bonds is 4. The van der Waals surface area contributed by atoms with E-state index in [-0.39, 0.29) is 23.3 Å². The Morgan fingerprint density at radius 2 is 1.86 bits per heavy atom. The van der Waals surface area contributed by atoms with Gasteiger partial charge in [-0.05, 0) is 86.1 Å². The van der Waals surface area contributed by atoms with Crippen LogP contribution in [0.25, 0.3) is 0 Å². The van der Waals surface area contributed by atoms with Gasteiger partial charge >= 0.3 is 0 Å². The summed E-state index contributed by atoms with van der Waals surface area (Å²) in [6.45, 7) is 5.89. The van der Waals surface area contributed by atoms with Crippen LogP contribution in [0.5, 0.6) is 0 Å². The molecule has 2 N–H and O–H groups in total. The molecular weight excluding hydrogens is 464 g/mol. The van der Waals surface area contributed by atoms with Crippen LogP contribution < -0.4 is 10.6 Å². The molecule has 192 valence electrons. The van der Waals surface area contributed by atoms with E-state index in [9.17, 15) is 9.59 Å². The van der Waals surface area contributed by atoms with Gasteiger partial charge in [0.05, 0.1) is 11.6 Å². The Kier molecular flexibility index (Phi) is 6.18. The lowest BCUT2D eigenvalue weighted by atomic mass is 9.77. The van der Waals surface area contributed by atoms with Gasteiger partial charge < -0.3 is 20.4 Å². The maximum absolute atomic E-state index is 13.6. The van der Waals surface area contributed by atoms with Crippen molar-refractivity contribution < 1.29 is 9.59 Å². The van der Waals surface area contributed by atoms with Crippen molar-refractivity contribution in [2.75, 3.05) is 26.2 Å². The quantitative estimate of drug-likeness (QED) is 0.673. The van der Waals surface area contributed by atoms with Gasteiger partial charge in [-0.1, -0.05) is 6.07 Å². The summed E-state index contributed by atoms with van der Waals surface area (Å²) in [5, 5.41) is 6.42. The second-order valence-electron chi connectivity index (χ2n) is 10.9. The molecule has 2 saturated heterocycles.